The lowest BCUT2D eigenvalue weighted by atomic mass is 10.0. The minimum absolute atomic E-state index is 0.0627. The average molecular weight is 555 g/mol. The fraction of sp³-hybridized carbons (Fsp3) is 0.379. The van der Waals surface area contributed by atoms with Crippen LogP contribution in [-0.2, 0) is 28.5 Å². The molecule has 2 aromatic rings. The number of benzene rings is 2. The molecule has 11 heteroatoms. The maximum atomic E-state index is 12.6. The Bertz CT molecular complexity index is 1210. The second-order valence-electron chi connectivity index (χ2n) is 9.23. The summed E-state index contributed by atoms with van der Waals surface area (Å²) in [5, 5.41) is 0. The molecule has 0 N–H and O–H groups in total. The fourth-order valence-electron chi connectivity index (χ4n) is 4.16. The predicted octanol–water partition coefficient (Wildman–Crippen LogP) is 3.89. The summed E-state index contributed by atoms with van der Waals surface area (Å²) in [7, 11) is 0. The van der Waals surface area contributed by atoms with Gasteiger partial charge in [0, 0.05) is 12.0 Å². The molecule has 0 saturated carbocycles. The van der Waals surface area contributed by atoms with Crippen LogP contribution in [0.1, 0.15) is 40.5 Å². The van der Waals surface area contributed by atoms with Crippen LogP contribution in [0.5, 0.6) is 11.5 Å². The highest BCUT2D eigenvalue weighted by Gasteiger charge is 2.47. The van der Waals surface area contributed by atoms with E-state index in [9.17, 15) is 19.2 Å². The second kappa shape index (κ2) is 13.7. The van der Waals surface area contributed by atoms with E-state index in [0.717, 1.165) is 6.08 Å². The molecule has 0 spiro atoms. The van der Waals surface area contributed by atoms with Gasteiger partial charge in [0.05, 0.1) is 43.7 Å². The lowest BCUT2D eigenvalue weighted by molar-refractivity contribution is -0.137. The SMILES string of the molecule is C=CC(=O)OCCCCOC(=O)Oc1ccc(C(=O)Oc2ccc(C(=O)O[C@@H]3CO[C@H]4[C@@H]3OC[C@@H]4C)cc2)cc1. The van der Waals surface area contributed by atoms with Crippen LogP contribution in [-0.4, -0.2) is 68.8 Å². The average Bonchev–Trinajstić information content (AvgIpc) is 3.53. The third-order valence-electron chi connectivity index (χ3n) is 6.28. The van der Waals surface area contributed by atoms with Crippen molar-refractivity contribution in [1.82, 2.24) is 0 Å². The quantitative estimate of drug-likeness (QED) is 0.100. The van der Waals surface area contributed by atoms with Gasteiger partial charge in [0.1, 0.15) is 17.6 Å². The summed E-state index contributed by atoms with van der Waals surface area (Å²) in [6.07, 6.45) is 0.390. The molecular weight excluding hydrogens is 524 g/mol. The highest BCUT2D eigenvalue weighted by molar-refractivity contribution is 5.92. The summed E-state index contributed by atoms with van der Waals surface area (Å²) in [5.74, 6) is -0.984. The standard InChI is InChI=1S/C29H30O11/c1-3-24(30)34-14-4-5-15-35-29(33)39-22-12-8-19(9-13-22)27(31)38-21-10-6-20(7-11-21)28(32)40-23-17-37-25-18(2)16-36-26(23)25/h3,6-13,18,23,25-26H,1,4-5,14-17H2,2H3/t18-,23+,25+,26+/m0/s1. The van der Waals surface area contributed by atoms with Gasteiger partial charge >= 0.3 is 24.1 Å². The monoisotopic (exact) mass is 554 g/mol. The van der Waals surface area contributed by atoms with Crippen molar-refractivity contribution in [2.75, 3.05) is 26.4 Å². The Hall–Kier alpha value is -4.22. The van der Waals surface area contributed by atoms with Crippen LogP contribution in [0.4, 0.5) is 4.79 Å². The first-order valence-corrected chi connectivity index (χ1v) is 12.8. The second-order valence-corrected chi connectivity index (χ2v) is 9.23. The van der Waals surface area contributed by atoms with E-state index >= 15 is 0 Å². The number of esters is 3. The van der Waals surface area contributed by atoms with Gasteiger partial charge in [0.2, 0.25) is 0 Å². The van der Waals surface area contributed by atoms with Crippen molar-refractivity contribution in [3.05, 3.63) is 72.3 Å². The van der Waals surface area contributed by atoms with Crippen LogP contribution in [0.25, 0.3) is 0 Å². The van der Waals surface area contributed by atoms with Gasteiger partial charge in [-0.25, -0.2) is 19.2 Å². The van der Waals surface area contributed by atoms with Gasteiger partial charge in [-0.15, -0.1) is 0 Å². The van der Waals surface area contributed by atoms with Gasteiger partial charge in [0.15, 0.2) is 6.10 Å². The molecule has 0 aromatic heterocycles. The minimum Gasteiger partial charge on any atom is -0.463 e. The maximum Gasteiger partial charge on any atom is 0.513 e. The van der Waals surface area contributed by atoms with Crippen LogP contribution in [0, 0.1) is 5.92 Å². The number of ether oxygens (including phenoxy) is 7. The summed E-state index contributed by atoms with van der Waals surface area (Å²) >= 11 is 0. The van der Waals surface area contributed by atoms with E-state index < -0.39 is 30.2 Å². The van der Waals surface area contributed by atoms with E-state index in [-0.39, 0.29) is 48.4 Å². The van der Waals surface area contributed by atoms with E-state index in [0.29, 0.717) is 31.6 Å². The number of fused-ring (bicyclic) bond motifs is 1. The van der Waals surface area contributed by atoms with E-state index in [1.54, 1.807) is 0 Å². The molecule has 4 atom stereocenters. The van der Waals surface area contributed by atoms with Gasteiger partial charge < -0.3 is 33.2 Å². The molecule has 2 aliphatic rings. The first-order chi connectivity index (χ1) is 19.3. The normalized spacial score (nSPS) is 21.1. The zero-order valence-corrected chi connectivity index (χ0v) is 21.9. The highest BCUT2D eigenvalue weighted by Crippen LogP contribution is 2.32. The summed E-state index contributed by atoms with van der Waals surface area (Å²) in [4.78, 5) is 47.8. The molecule has 0 unspecified atom stereocenters. The van der Waals surface area contributed by atoms with E-state index in [4.69, 9.17) is 33.2 Å². The third-order valence-corrected chi connectivity index (χ3v) is 6.28. The molecule has 212 valence electrons. The number of rotatable bonds is 11. The Morgan fingerprint density at radius 2 is 1.38 bits per heavy atom. The Morgan fingerprint density at radius 3 is 2.02 bits per heavy atom. The minimum atomic E-state index is -0.900. The molecule has 2 heterocycles. The molecule has 40 heavy (non-hydrogen) atoms. The van der Waals surface area contributed by atoms with Crippen LogP contribution >= 0.6 is 0 Å². The summed E-state index contributed by atoms with van der Waals surface area (Å²) in [5.41, 5.74) is 0.527. The maximum absolute atomic E-state index is 12.6. The molecule has 0 bridgehead atoms. The molecule has 0 amide bonds. The van der Waals surface area contributed by atoms with Crippen LogP contribution in [0.15, 0.2) is 61.2 Å². The van der Waals surface area contributed by atoms with Crippen molar-refractivity contribution in [2.45, 2.75) is 38.1 Å². The molecule has 4 rings (SSSR count). The Labute approximate surface area is 230 Å². The summed E-state index contributed by atoms with van der Waals surface area (Å²) in [6.45, 7) is 6.49. The molecule has 2 saturated heterocycles. The van der Waals surface area contributed by atoms with Gasteiger partial charge in [-0.2, -0.15) is 0 Å². The van der Waals surface area contributed by atoms with Crippen molar-refractivity contribution in [2.24, 2.45) is 5.92 Å². The van der Waals surface area contributed by atoms with E-state index in [1.165, 1.54) is 48.5 Å². The smallest absolute Gasteiger partial charge is 0.463 e. The Balaban J connectivity index is 1.18. The molecular formula is C29H30O11. The van der Waals surface area contributed by atoms with Crippen LogP contribution < -0.4 is 9.47 Å². The summed E-state index contributed by atoms with van der Waals surface area (Å²) in [6, 6.07) is 11.7. The third kappa shape index (κ3) is 7.67. The molecule has 0 radical (unpaired) electrons. The van der Waals surface area contributed by atoms with E-state index in [2.05, 4.69) is 6.58 Å². The zero-order chi connectivity index (χ0) is 28.5. The molecule has 2 aliphatic heterocycles. The summed E-state index contributed by atoms with van der Waals surface area (Å²) < 4.78 is 37.2. The van der Waals surface area contributed by atoms with Crippen molar-refractivity contribution in [3.63, 3.8) is 0 Å². The van der Waals surface area contributed by atoms with Crippen LogP contribution in [0.2, 0.25) is 0 Å². The Morgan fingerprint density at radius 1 is 0.800 bits per heavy atom. The van der Waals surface area contributed by atoms with E-state index in [1.807, 2.05) is 6.92 Å². The first kappa shape index (κ1) is 28.8. The number of unbranched alkanes of at least 4 members (excludes halogenated alkanes) is 1. The molecule has 11 nitrogen and oxygen atoms in total. The predicted molar refractivity (Wildman–Crippen MR) is 138 cm³/mol. The molecule has 2 aromatic carbocycles. The highest BCUT2D eigenvalue weighted by atomic mass is 16.7. The number of carbonyl (C=O) groups is 4. The van der Waals surface area contributed by atoms with Crippen molar-refractivity contribution in [3.8, 4) is 11.5 Å². The van der Waals surface area contributed by atoms with Crippen molar-refractivity contribution in [1.29, 1.82) is 0 Å². The van der Waals surface area contributed by atoms with Gasteiger partial charge in [-0.1, -0.05) is 13.5 Å². The largest absolute Gasteiger partial charge is 0.513 e. The lowest BCUT2D eigenvalue weighted by Crippen LogP contribution is -2.32. The fourth-order valence-corrected chi connectivity index (χ4v) is 4.16. The molecule has 2 fully saturated rings. The molecule has 0 aliphatic carbocycles. The van der Waals surface area contributed by atoms with Gasteiger partial charge in [0.25, 0.3) is 0 Å². The van der Waals surface area contributed by atoms with Crippen molar-refractivity contribution >= 4 is 24.1 Å². The lowest BCUT2D eigenvalue weighted by Gasteiger charge is -2.16. The van der Waals surface area contributed by atoms with Crippen LogP contribution in [0.3, 0.4) is 0 Å². The number of hydrogen-bond donors (Lipinski definition) is 0. The number of carbonyl (C=O) groups excluding carboxylic acids is 4. The Kier molecular flexibility index (Phi) is 9.87. The first-order valence-electron chi connectivity index (χ1n) is 12.8. The van der Waals surface area contributed by atoms with Gasteiger partial charge in [-0.3, -0.25) is 0 Å². The zero-order valence-electron chi connectivity index (χ0n) is 21.9. The number of hydrogen-bond acceptors (Lipinski definition) is 11. The topological polar surface area (TPSA) is 133 Å². The van der Waals surface area contributed by atoms with Crippen molar-refractivity contribution < 1.29 is 52.3 Å². The van der Waals surface area contributed by atoms with Gasteiger partial charge in [-0.05, 0) is 61.4 Å².